The first kappa shape index (κ1) is 10.9. The lowest BCUT2D eigenvalue weighted by Gasteiger charge is -2.26. The average molecular weight is 202 g/mol. The molecule has 3 nitrogen and oxygen atoms in total. The molecular formula is C9H18N2OS. The number of hydrogen-bond donors (Lipinski definition) is 2. The molecule has 0 aliphatic carbocycles. The Morgan fingerprint density at radius 2 is 2.38 bits per heavy atom. The average Bonchev–Trinajstić information content (AvgIpc) is 2.43. The molecule has 1 rings (SSSR count). The van der Waals surface area contributed by atoms with Crippen molar-refractivity contribution in [3.8, 4) is 0 Å². The fraction of sp³-hybridized carbons (Fsp3) is 0.889. The Morgan fingerprint density at radius 1 is 1.62 bits per heavy atom. The number of nitrogens with zero attached hydrogens (tertiary/aromatic N) is 1. The highest BCUT2D eigenvalue weighted by molar-refractivity contribution is 7.81. The predicted octanol–water partition coefficient (Wildman–Crippen LogP) is 0.517. The van der Waals surface area contributed by atoms with E-state index in [0.29, 0.717) is 11.8 Å². The topological polar surface area (TPSA) is 32.3 Å². The number of rotatable bonds is 2. The molecule has 4 heteroatoms. The zero-order valence-corrected chi connectivity index (χ0v) is 9.02. The lowest BCUT2D eigenvalue weighted by atomic mass is 10.1. The fourth-order valence-electron chi connectivity index (χ4n) is 1.65. The number of amides is 1. The van der Waals surface area contributed by atoms with Gasteiger partial charge in [0.2, 0.25) is 5.91 Å². The summed E-state index contributed by atoms with van der Waals surface area (Å²) in [6, 6.07) is 0.363. The first-order chi connectivity index (χ1) is 6.25. The minimum atomic E-state index is 0.122. The SMILES string of the molecule is CN(C(=O)CS)C1CCCCNC1. The summed E-state index contributed by atoms with van der Waals surface area (Å²) in [6.07, 6.45) is 3.55. The summed E-state index contributed by atoms with van der Waals surface area (Å²) in [5.74, 6) is 0.435. The Hall–Kier alpha value is -0.220. The van der Waals surface area contributed by atoms with Crippen molar-refractivity contribution in [1.82, 2.24) is 10.2 Å². The van der Waals surface area contributed by atoms with Gasteiger partial charge in [-0.2, -0.15) is 12.6 Å². The number of nitrogens with one attached hydrogen (secondary N) is 1. The van der Waals surface area contributed by atoms with Crippen LogP contribution in [0.2, 0.25) is 0 Å². The lowest BCUT2D eigenvalue weighted by molar-refractivity contribution is -0.129. The monoisotopic (exact) mass is 202 g/mol. The van der Waals surface area contributed by atoms with Gasteiger partial charge in [0.25, 0.3) is 0 Å². The number of thiol groups is 1. The van der Waals surface area contributed by atoms with Gasteiger partial charge < -0.3 is 10.2 Å². The minimum absolute atomic E-state index is 0.122. The molecule has 13 heavy (non-hydrogen) atoms. The van der Waals surface area contributed by atoms with E-state index in [0.717, 1.165) is 19.5 Å². The molecule has 1 saturated heterocycles. The zero-order valence-electron chi connectivity index (χ0n) is 8.12. The molecule has 1 aliphatic heterocycles. The second kappa shape index (κ2) is 5.50. The van der Waals surface area contributed by atoms with Crippen LogP contribution in [0.4, 0.5) is 0 Å². The molecule has 0 radical (unpaired) electrons. The Morgan fingerprint density at radius 3 is 3.08 bits per heavy atom. The van der Waals surface area contributed by atoms with Crippen molar-refractivity contribution >= 4 is 18.5 Å². The molecule has 0 aromatic carbocycles. The molecule has 0 bridgehead atoms. The molecule has 1 amide bonds. The lowest BCUT2D eigenvalue weighted by Crippen LogP contribution is -2.42. The van der Waals surface area contributed by atoms with Gasteiger partial charge in [0.1, 0.15) is 0 Å². The van der Waals surface area contributed by atoms with Crippen LogP contribution in [0.3, 0.4) is 0 Å². The summed E-state index contributed by atoms with van der Waals surface area (Å²) in [5.41, 5.74) is 0. The third-order valence-corrected chi connectivity index (χ3v) is 2.87. The third-order valence-electron chi connectivity index (χ3n) is 2.60. The fourth-order valence-corrected chi connectivity index (χ4v) is 1.87. The van der Waals surface area contributed by atoms with E-state index in [4.69, 9.17) is 0 Å². The van der Waals surface area contributed by atoms with Crippen LogP contribution in [0.15, 0.2) is 0 Å². The smallest absolute Gasteiger partial charge is 0.232 e. The highest BCUT2D eigenvalue weighted by atomic mass is 32.1. The summed E-state index contributed by atoms with van der Waals surface area (Å²) in [6.45, 7) is 2.01. The van der Waals surface area contributed by atoms with Crippen molar-refractivity contribution < 1.29 is 4.79 Å². The van der Waals surface area contributed by atoms with E-state index in [2.05, 4.69) is 17.9 Å². The molecule has 1 N–H and O–H groups in total. The molecule has 1 aliphatic rings. The third kappa shape index (κ3) is 3.19. The van der Waals surface area contributed by atoms with Gasteiger partial charge in [0.05, 0.1) is 5.75 Å². The van der Waals surface area contributed by atoms with Crippen LogP contribution in [-0.4, -0.2) is 42.7 Å². The standard InChI is InChI=1S/C9H18N2OS/c1-11(9(12)7-13)8-4-2-3-5-10-6-8/h8,10,13H,2-7H2,1H3. The Bertz CT molecular complexity index is 167. The predicted molar refractivity (Wildman–Crippen MR) is 57.1 cm³/mol. The van der Waals surface area contributed by atoms with Gasteiger partial charge in [-0.05, 0) is 19.4 Å². The molecule has 76 valence electrons. The number of carbonyl (C=O) groups excluding carboxylic acids is 1. The molecule has 0 aromatic heterocycles. The van der Waals surface area contributed by atoms with E-state index >= 15 is 0 Å². The summed E-state index contributed by atoms with van der Waals surface area (Å²) >= 11 is 3.99. The van der Waals surface area contributed by atoms with Crippen molar-refractivity contribution in [3.05, 3.63) is 0 Å². The molecule has 1 atom stereocenters. The first-order valence-electron chi connectivity index (χ1n) is 4.83. The van der Waals surface area contributed by atoms with Gasteiger partial charge in [-0.15, -0.1) is 0 Å². The minimum Gasteiger partial charge on any atom is -0.341 e. The maximum atomic E-state index is 11.3. The summed E-state index contributed by atoms with van der Waals surface area (Å²) in [5, 5.41) is 3.34. The van der Waals surface area contributed by atoms with Crippen LogP contribution in [0, 0.1) is 0 Å². The number of likely N-dealkylation sites (N-methyl/N-ethyl adjacent to an activating group) is 1. The molecular weight excluding hydrogens is 184 g/mol. The van der Waals surface area contributed by atoms with Crippen molar-refractivity contribution in [1.29, 1.82) is 0 Å². The molecule has 0 saturated carbocycles. The van der Waals surface area contributed by atoms with Gasteiger partial charge in [-0.1, -0.05) is 6.42 Å². The first-order valence-corrected chi connectivity index (χ1v) is 5.46. The van der Waals surface area contributed by atoms with Gasteiger partial charge in [-0.3, -0.25) is 4.79 Å². The van der Waals surface area contributed by atoms with Crippen LogP contribution >= 0.6 is 12.6 Å². The zero-order chi connectivity index (χ0) is 9.68. The largest absolute Gasteiger partial charge is 0.341 e. The van der Waals surface area contributed by atoms with Gasteiger partial charge in [0, 0.05) is 19.6 Å². The van der Waals surface area contributed by atoms with Crippen LogP contribution in [0.25, 0.3) is 0 Å². The van der Waals surface area contributed by atoms with Gasteiger partial charge >= 0.3 is 0 Å². The van der Waals surface area contributed by atoms with Gasteiger partial charge in [-0.25, -0.2) is 0 Å². The normalized spacial score (nSPS) is 23.7. The van der Waals surface area contributed by atoms with E-state index in [9.17, 15) is 4.79 Å². The van der Waals surface area contributed by atoms with Crippen molar-refractivity contribution in [2.24, 2.45) is 0 Å². The highest BCUT2D eigenvalue weighted by Gasteiger charge is 2.19. The molecule has 1 fully saturated rings. The Balaban J connectivity index is 2.43. The van der Waals surface area contributed by atoms with E-state index in [1.54, 1.807) is 0 Å². The van der Waals surface area contributed by atoms with E-state index in [1.165, 1.54) is 12.8 Å². The van der Waals surface area contributed by atoms with Crippen molar-refractivity contribution in [2.75, 3.05) is 25.9 Å². The second-order valence-corrected chi connectivity index (χ2v) is 3.83. The number of carbonyl (C=O) groups is 1. The van der Waals surface area contributed by atoms with Gasteiger partial charge in [0.15, 0.2) is 0 Å². The van der Waals surface area contributed by atoms with Crippen molar-refractivity contribution in [2.45, 2.75) is 25.3 Å². The summed E-state index contributed by atoms with van der Waals surface area (Å²) in [4.78, 5) is 13.2. The molecule has 0 aromatic rings. The van der Waals surface area contributed by atoms with Crippen LogP contribution < -0.4 is 5.32 Å². The maximum Gasteiger partial charge on any atom is 0.232 e. The van der Waals surface area contributed by atoms with Crippen LogP contribution in [-0.2, 0) is 4.79 Å². The second-order valence-electron chi connectivity index (χ2n) is 3.52. The summed E-state index contributed by atoms with van der Waals surface area (Å²) < 4.78 is 0. The van der Waals surface area contributed by atoms with Crippen LogP contribution in [0.5, 0.6) is 0 Å². The molecule has 1 heterocycles. The van der Waals surface area contributed by atoms with E-state index in [-0.39, 0.29) is 5.91 Å². The van der Waals surface area contributed by atoms with E-state index in [1.807, 2.05) is 11.9 Å². The highest BCUT2D eigenvalue weighted by Crippen LogP contribution is 2.10. The maximum absolute atomic E-state index is 11.3. The van der Waals surface area contributed by atoms with E-state index < -0.39 is 0 Å². The molecule has 1 unspecified atom stereocenters. The van der Waals surface area contributed by atoms with Crippen molar-refractivity contribution in [3.63, 3.8) is 0 Å². The number of hydrogen-bond acceptors (Lipinski definition) is 3. The Kier molecular flexibility index (Phi) is 4.59. The molecule has 0 spiro atoms. The quantitative estimate of drug-likeness (QED) is 0.640. The summed E-state index contributed by atoms with van der Waals surface area (Å²) in [7, 11) is 1.87. The Labute approximate surface area is 85.3 Å². The van der Waals surface area contributed by atoms with Crippen LogP contribution in [0.1, 0.15) is 19.3 Å².